The molecule has 0 aromatic carbocycles. The summed E-state index contributed by atoms with van der Waals surface area (Å²) in [5.41, 5.74) is 0. The molecule has 198 valence electrons. The number of nitrogens with one attached hydrogen (secondary N) is 4. The third-order valence-electron chi connectivity index (χ3n) is 6.42. The first kappa shape index (κ1) is 27.5. The van der Waals surface area contributed by atoms with Crippen molar-refractivity contribution in [1.82, 2.24) is 26.2 Å². The first-order valence-electron chi connectivity index (χ1n) is 12.3. The van der Waals surface area contributed by atoms with Crippen LogP contribution in [0.15, 0.2) is 12.2 Å². The highest BCUT2D eigenvalue weighted by Crippen LogP contribution is 2.33. The Hall–Kier alpha value is -3.09. The molecule has 0 radical (unpaired) electrons. The van der Waals surface area contributed by atoms with Crippen molar-refractivity contribution in [3.8, 4) is 0 Å². The van der Waals surface area contributed by atoms with Crippen LogP contribution in [0.25, 0.3) is 0 Å². The molecular weight excluding hydrogens is 490 g/mol. The van der Waals surface area contributed by atoms with Crippen LogP contribution in [0.1, 0.15) is 51.4 Å². The molecule has 3 aliphatic heterocycles. The van der Waals surface area contributed by atoms with E-state index in [2.05, 4.69) is 21.3 Å². The lowest BCUT2D eigenvalue weighted by Gasteiger charge is -2.17. The quantitative estimate of drug-likeness (QED) is 0.112. The van der Waals surface area contributed by atoms with E-state index in [1.54, 1.807) is 0 Å². The standard InChI is InChI=1S/C23H33N5O7S/c29-17(7-2-1-6-16-21-15(13-36-16)26-23(35)27-21)24-11-4-3-5-14(22(33)34)25-18(30)10-12-28-19(31)8-9-20(28)32/h8-9,14-16,21H,1-7,10-13H2,(H,24,29)(H,25,30)(H,33,34)(H2,26,27,35)/t14-,15-,16-,21-/m0/s1. The van der Waals surface area contributed by atoms with Crippen LogP contribution in [0.4, 0.5) is 4.79 Å². The number of nitrogens with zero attached hydrogens (tertiary/aromatic N) is 1. The van der Waals surface area contributed by atoms with Gasteiger partial charge in [0, 0.05) is 49.1 Å². The highest BCUT2D eigenvalue weighted by Gasteiger charge is 2.42. The molecule has 4 atom stereocenters. The molecule has 0 bridgehead atoms. The summed E-state index contributed by atoms with van der Waals surface area (Å²) in [6.45, 7) is 0.314. The number of carboxylic acid groups (broad SMARTS) is 1. The van der Waals surface area contributed by atoms with Crippen LogP contribution in [0.3, 0.4) is 0 Å². The largest absolute Gasteiger partial charge is 0.480 e. The van der Waals surface area contributed by atoms with Gasteiger partial charge in [-0.15, -0.1) is 0 Å². The van der Waals surface area contributed by atoms with Gasteiger partial charge in [0.15, 0.2) is 0 Å². The minimum Gasteiger partial charge on any atom is -0.480 e. The van der Waals surface area contributed by atoms with E-state index in [0.29, 0.717) is 31.1 Å². The van der Waals surface area contributed by atoms with Gasteiger partial charge >= 0.3 is 12.0 Å². The number of carboxylic acids is 1. The number of carbonyl (C=O) groups is 6. The molecule has 0 unspecified atom stereocenters. The maximum absolute atomic E-state index is 12.1. The first-order valence-corrected chi connectivity index (χ1v) is 13.3. The van der Waals surface area contributed by atoms with E-state index in [9.17, 15) is 33.9 Å². The molecule has 0 aromatic rings. The van der Waals surface area contributed by atoms with Gasteiger partial charge < -0.3 is 26.4 Å². The fourth-order valence-corrected chi connectivity index (χ4v) is 6.00. The third kappa shape index (κ3) is 7.97. The van der Waals surface area contributed by atoms with Crippen LogP contribution in [0.2, 0.25) is 0 Å². The van der Waals surface area contributed by atoms with Crippen molar-refractivity contribution >= 4 is 47.4 Å². The van der Waals surface area contributed by atoms with Gasteiger partial charge in [-0.2, -0.15) is 11.8 Å². The number of carbonyl (C=O) groups excluding carboxylic acids is 5. The Morgan fingerprint density at radius 2 is 1.78 bits per heavy atom. The Morgan fingerprint density at radius 1 is 1.03 bits per heavy atom. The number of aliphatic carboxylic acids is 1. The zero-order chi connectivity index (χ0) is 26.1. The number of amides is 6. The fraction of sp³-hybridized carbons (Fsp3) is 0.652. The van der Waals surface area contributed by atoms with Gasteiger partial charge in [0.05, 0.1) is 12.1 Å². The highest BCUT2D eigenvalue weighted by atomic mass is 32.2. The third-order valence-corrected chi connectivity index (χ3v) is 7.93. The number of imide groups is 1. The van der Waals surface area contributed by atoms with E-state index in [1.165, 1.54) is 0 Å². The van der Waals surface area contributed by atoms with E-state index in [4.69, 9.17) is 0 Å². The molecule has 0 saturated carbocycles. The summed E-state index contributed by atoms with van der Waals surface area (Å²) >= 11 is 1.85. The molecule has 5 N–H and O–H groups in total. The van der Waals surface area contributed by atoms with Gasteiger partial charge in [0.25, 0.3) is 11.8 Å². The molecule has 0 aliphatic carbocycles. The Balaban J connectivity index is 1.21. The van der Waals surface area contributed by atoms with Crippen molar-refractivity contribution in [2.75, 3.05) is 18.8 Å². The lowest BCUT2D eigenvalue weighted by Crippen LogP contribution is -2.42. The van der Waals surface area contributed by atoms with Crippen molar-refractivity contribution in [1.29, 1.82) is 0 Å². The molecule has 2 saturated heterocycles. The minimum absolute atomic E-state index is 0.0497. The number of hydrogen-bond donors (Lipinski definition) is 5. The lowest BCUT2D eigenvalue weighted by molar-refractivity contribution is -0.143. The van der Waals surface area contributed by atoms with E-state index < -0.39 is 29.7 Å². The Bertz CT molecular complexity index is 893. The molecule has 0 spiro atoms. The van der Waals surface area contributed by atoms with Gasteiger partial charge in [-0.25, -0.2) is 9.59 Å². The predicted molar refractivity (Wildman–Crippen MR) is 131 cm³/mol. The molecular formula is C23H33N5O7S. The molecule has 3 heterocycles. The van der Waals surface area contributed by atoms with Crippen LogP contribution < -0.4 is 21.3 Å². The van der Waals surface area contributed by atoms with E-state index >= 15 is 0 Å². The second-order valence-corrected chi connectivity index (χ2v) is 10.4. The van der Waals surface area contributed by atoms with Crippen molar-refractivity contribution < 1.29 is 33.9 Å². The number of thioether (sulfide) groups is 1. The van der Waals surface area contributed by atoms with Crippen LogP contribution in [0, 0.1) is 0 Å². The van der Waals surface area contributed by atoms with Crippen LogP contribution in [-0.2, 0) is 24.0 Å². The smallest absolute Gasteiger partial charge is 0.326 e. The number of hydrogen-bond acceptors (Lipinski definition) is 7. The summed E-state index contributed by atoms with van der Waals surface area (Å²) in [6.07, 6.45) is 6.37. The summed E-state index contributed by atoms with van der Waals surface area (Å²) in [6, 6.07) is -0.804. The molecule has 3 rings (SSSR count). The number of unbranched alkanes of at least 4 members (excludes halogenated alkanes) is 2. The van der Waals surface area contributed by atoms with E-state index in [1.807, 2.05) is 11.8 Å². The lowest BCUT2D eigenvalue weighted by atomic mass is 10.0. The zero-order valence-electron chi connectivity index (χ0n) is 20.0. The Labute approximate surface area is 213 Å². The summed E-state index contributed by atoms with van der Waals surface area (Å²) in [7, 11) is 0. The molecule has 13 heteroatoms. The monoisotopic (exact) mass is 523 g/mol. The summed E-state index contributed by atoms with van der Waals surface area (Å²) in [5.74, 6) is -1.84. The van der Waals surface area contributed by atoms with Crippen molar-refractivity contribution in [2.24, 2.45) is 0 Å². The Kier molecular flexibility index (Phi) is 10.1. The van der Waals surface area contributed by atoms with E-state index in [0.717, 1.165) is 42.1 Å². The minimum atomic E-state index is -1.16. The number of fused-ring (bicyclic) bond motifs is 1. The molecule has 12 nitrogen and oxygen atoms in total. The number of rotatable bonds is 15. The van der Waals surface area contributed by atoms with Gasteiger partial charge in [-0.3, -0.25) is 24.1 Å². The summed E-state index contributed by atoms with van der Waals surface area (Å²) in [5, 5.41) is 20.9. The maximum atomic E-state index is 12.1. The van der Waals surface area contributed by atoms with Crippen LogP contribution >= 0.6 is 11.8 Å². The molecule has 3 aliphatic rings. The van der Waals surface area contributed by atoms with E-state index in [-0.39, 0.29) is 43.4 Å². The molecule has 36 heavy (non-hydrogen) atoms. The second kappa shape index (κ2) is 13.3. The summed E-state index contributed by atoms with van der Waals surface area (Å²) < 4.78 is 0. The van der Waals surface area contributed by atoms with Crippen molar-refractivity contribution in [3.63, 3.8) is 0 Å². The average molecular weight is 524 g/mol. The predicted octanol–water partition coefficient (Wildman–Crippen LogP) is -0.117. The van der Waals surface area contributed by atoms with Crippen molar-refractivity contribution in [3.05, 3.63) is 12.2 Å². The topological polar surface area (TPSA) is 174 Å². The SMILES string of the molecule is O=C(CCCC[C@@H]1SC[C@@H]2NC(=O)N[C@@H]21)NCCCC[C@H](NC(=O)CCN1C(=O)C=CC1=O)C(=O)O. The van der Waals surface area contributed by atoms with Crippen LogP contribution in [-0.4, -0.2) is 87.9 Å². The van der Waals surface area contributed by atoms with Crippen molar-refractivity contribution in [2.45, 2.75) is 74.7 Å². The van der Waals surface area contributed by atoms with Gasteiger partial charge in [0.2, 0.25) is 11.8 Å². The van der Waals surface area contributed by atoms with Gasteiger partial charge in [-0.05, 0) is 32.1 Å². The average Bonchev–Trinajstić information content (AvgIpc) is 3.48. The van der Waals surface area contributed by atoms with Gasteiger partial charge in [-0.1, -0.05) is 6.42 Å². The molecule has 2 fully saturated rings. The number of urea groups is 1. The maximum Gasteiger partial charge on any atom is 0.326 e. The normalized spacial score (nSPS) is 23.3. The fourth-order valence-electron chi connectivity index (χ4n) is 4.45. The highest BCUT2D eigenvalue weighted by molar-refractivity contribution is 8.00. The first-order chi connectivity index (χ1) is 17.2. The van der Waals surface area contributed by atoms with Gasteiger partial charge in [0.1, 0.15) is 6.04 Å². The second-order valence-electron chi connectivity index (χ2n) is 9.08. The summed E-state index contributed by atoms with van der Waals surface area (Å²) in [4.78, 5) is 70.9. The Morgan fingerprint density at radius 3 is 2.50 bits per heavy atom. The zero-order valence-corrected chi connectivity index (χ0v) is 20.8. The molecule has 0 aromatic heterocycles. The van der Waals surface area contributed by atoms with Crippen LogP contribution in [0.5, 0.6) is 0 Å². The molecule has 6 amide bonds.